The molecule has 3 aromatic rings. The van der Waals surface area contributed by atoms with Crippen LogP contribution in [-0.4, -0.2) is 37.5 Å². The van der Waals surface area contributed by atoms with Crippen LogP contribution in [-0.2, 0) is 5.41 Å². The van der Waals surface area contributed by atoms with Crippen molar-refractivity contribution in [3.63, 3.8) is 0 Å². The molecule has 0 aromatic carbocycles. The first-order chi connectivity index (χ1) is 16.3. The largest absolute Gasteiger partial charge is 0.364 e. The Morgan fingerprint density at radius 1 is 1.17 bits per heavy atom. The summed E-state index contributed by atoms with van der Waals surface area (Å²) in [5.41, 5.74) is 6.09. The molecule has 0 spiro atoms. The molecule has 2 fully saturated rings. The van der Waals surface area contributed by atoms with Gasteiger partial charge in [-0.05, 0) is 25.8 Å². The van der Waals surface area contributed by atoms with Gasteiger partial charge < -0.3 is 10.7 Å². The minimum absolute atomic E-state index is 0.0376. The maximum absolute atomic E-state index is 13.9. The third-order valence-electron chi connectivity index (χ3n) is 7.28. The summed E-state index contributed by atoms with van der Waals surface area (Å²) in [6.07, 6.45) is 0.357. The smallest absolute Gasteiger partial charge is 0.268 e. The summed E-state index contributed by atoms with van der Waals surface area (Å²) < 4.78 is 57.0. The Labute approximate surface area is 197 Å². The number of fused-ring (bicyclic) bond motifs is 1. The number of hydrogen-bond acceptors (Lipinski definition) is 4. The lowest BCUT2D eigenvalue weighted by atomic mass is 9.64. The summed E-state index contributed by atoms with van der Waals surface area (Å²) in [6.45, 7) is 3.47. The Bertz CT molecular complexity index is 1390. The molecule has 7 nitrogen and oxygen atoms in total. The number of carbonyl (C=O) groups excluding carboxylic acids is 1. The SMILES string of the molecule is Cc1c(C2(C)CC(F)(F)C2)nn(C2CCC(F)(F)CC2)c1-c1cc(=O)c2c(C(N)=O)nccc2[nH]1. The molecule has 5 rings (SSSR count). The molecule has 3 aromatic heterocycles. The third kappa shape index (κ3) is 3.90. The van der Waals surface area contributed by atoms with Gasteiger partial charge in [0, 0.05) is 48.9 Å². The van der Waals surface area contributed by atoms with Crippen LogP contribution in [0.25, 0.3) is 22.3 Å². The molecular weight excluding hydrogens is 466 g/mol. The van der Waals surface area contributed by atoms with Gasteiger partial charge in [-0.1, -0.05) is 6.92 Å². The van der Waals surface area contributed by atoms with E-state index in [-0.39, 0.29) is 55.6 Å². The molecule has 186 valence electrons. The van der Waals surface area contributed by atoms with E-state index in [0.717, 1.165) is 0 Å². The zero-order valence-corrected chi connectivity index (χ0v) is 19.3. The van der Waals surface area contributed by atoms with Gasteiger partial charge in [0.2, 0.25) is 11.8 Å². The summed E-state index contributed by atoms with van der Waals surface area (Å²) in [5.74, 6) is -6.38. The van der Waals surface area contributed by atoms with Crippen LogP contribution in [0.3, 0.4) is 0 Å². The number of aromatic amines is 1. The van der Waals surface area contributed by atoms with Gasteiger partial charge in [-0.25, -0.2) is 17.6 Å². The van der Waals surface area contributed by atoms with Crippen molar-refractivity contribution in [1.82, 2.24) is 19.7 Å². The maximum atomic E-state index is 13.9. The number of rotatable bonds is 4. The lowest BCUT2D eigenvalue weighted by Gasteiger charge is -2.44. The Morgan fingerprint density at radius 2 is 1.83 bits per heavy atom. The monoisotopic (exact) mass is 491 g/mol. The molecule has 35 heavy (non-hydrogen) atoms. The number of nitrogens with two attached hydrogens (primary N) is 1. The van der Waals surface area contributed by atoms with E-state index in [1.165, 1.54) is 18.3 Å². The van der Waals surface area contributed by atoms with Crippen LogP contribution in [0.1, 0.15) is 73.2 Å². The summed E-state index contributed by atoms with van der Waals surface area (Å²) in [6, 6.07) is 2.44. The normalized spacial score (nSPS) is 21.1. The molecule has 0 bridgehead atoms. The van der Waals surface area contributed by atoms with E-state index >= 15 is 0 Å². The van der Waals surface area contributed by atoms with Crippen molar-refractivity contribution in [2.45, 2.75) is 75.7 Å². The predicted molar refractivity (Wildman–Crippen MR) is 121 cm³/mol. The van der Waals surface area contributed by atoms with Crippen LogP contribution in [0.5, 0.6) is 0 Å². The fourth-order valence-electron chi connectivity index (χ4n) is 5.72. The molecule has 0 unspecified atom stereocenters. The van der Waals surface area contributed by atoms with Crippen molar-refractivity contribution in [3.8, 4) is 11.4 Å². The average molecular weight is 491 g/mol. The molecule has 2 saturated carbocycles. The molecule has 0 radical (unpaired) electrons. The molecule has 3 heterocycles. The van der Waals surface area contributed by atoms with Crippen molar-refractivity contribution in [3.05, 3.63) is 45.5 Å². The quantitative estimate of drug-likeness (QED) is 0.519. The Kier molecular flexibility index (Phi) is 5.12. The number of aromatic nitrogens is 4. The lowest BCUT2D eigenvalue weighted by molar-refractivity contribution is -0.122. The summed E-state index contributed by atoms with van der Waals surface area (Å²) in [4.78, 5) is 31.8. The van der Waals surface area contributed by atoms with E-state index in [1.54, 1.807) is 18.5 Å². The zero-order chi connectivity index (χ0) is 25.3. The van der Waals surface area contributed by atoms with Gasteiger partial charge >= 0.3 is 0 Å². The van der Waals surface area contributed by atoms with Crippen LogP contribution in [0.15, 0.2) is 23.1 Å². The molecular formula is C24H25F4N5O2. The van der Waals surface area contributed by atoms with Crippen LogP contribution in [0.4, 0.5) is 17.6 Å². The van der Waals surface area contributed by atoms with Gasteiger partial charge in [0.25, 0.3) is 5.91 Å². The zero-order valence-electron chi connectivity index (χ0n) is 19.3. The van der Waals surface area contributed by atoms with Crippen molar-refractivity contribution in [2.75, 3.05) is 0 Å². The van der Waals surface area contributed by atoms with E-state index in [1.807, 2.05) is 0 Å². The Hall–Kier alpha value is -3.24. The standard InChI is InChI=1S/C24H25F4N5O2/c1-12-19(15-9-16(34)17-14(31-15)5-8-30-18(17)21(29)35)33(13-3-6-23(25,26)7-4-13)32-20(12)22(2)10-24(27,28)11-22/h5,8-9,13H,3-4,6-7,10-11H2,1-2H3,(H2,29,35)(H,31,34). The fraction of sp³-hybridized carbons (Fsp3) is 0.500. The molecule has 0 saturated heterocycles. The molecule has 2 aliphatic carbocycles. The summed E-state index contributed by atoms with van der Waals surface area (Å²) >= 11 is 0. The van der Waals surface area contributed by atoms with Crippen molar-refractivity contribution in [1.29, 1.82) is 0 Å². The van der Waals surface area contributed by atoms with E-state index in [2.05, 4.69) is 9.97 Å². The average Bonchev–Trinajstić information content (AvgIpc) is 3.09. The highest BCUT2D eigenvalue weighted by Gasteiger charge is 2.56. The highest BCUT2D eigenvalue weighted by molar-refractivity contribution is 6.03. The number of nitrogens with zero attached hydrogens (tertiary/aromatic N) is 3. The fourth-order valence-corrected chi connectivity index (χ4v) is 5.72. The van der Waals surface area contributed by atoms with Crippen molar-refractivity contribution < 1.29 is 22.4 Å². The van der Waals surface area contributed by atoms with Crippen LogP contribution in [0, 0.1) is 6.92 Å². The van der Waals surface area contributed by atoms with Crippen LogP contribution < -0.4 is 11.2 Å². The van der Waals surface area contributed by atoms with Gasteiger partial charge in [-0.3, -0.25) is 19.3 Å². The lowest BCUT2D eigenvalue weighted by Crippen LogP contribution is -2.47. The van der Waals surface area contributed by atoms with Crippen molar-refractivity contribution in [2.24, 2.45) is 5.73 Å². The molecule has 1 amide bonds. The second-order valence-corrected chi connectivity index (χ2v) is 10.1. The number of primary amides is 1. The number of halogens is 4. The summed E-state index contributed by atoms with van der Waals surface area (Å²) in [7, 11) is 0. The molecule has 11 heteroatoms. The number of hydrogen-bond donors (Lipinski definition) is 2. The number of alkyl halides is 4. The van der Waals surface area contributed by atoms with Gasteiger partial charge in [-0.15, -0.1) is 0 Å². The van der Waals surface area contributed by atoms with E-state index in [4.69, 9.17) is 10.8 Å². The predicted octanol–water partition coefficient (Wildman–Crippen LogP) is 4.63. The van der Waals surface area contributed by atoms with Gasteiger partial charge in [0.05, 0.1) is 34.0 Å². The van der Waals surface area contributed by atoms with Gasteiger partial charge in [0.1, 0.15) is 5.69 Å². The minimum atomic E-state index is -2.78. The van der Waals surface area contributed by atoms with Gasteiger partial charge in [-0.2, -0.15) is 5.10 Å². The number of carbonyl (C=O) groups is 1. The second-order valence-electron chi connectivity index (χ2n) is 10.1. The first-order valence-electron chi connectivity index (χ1n) is 11.5. The second kappa shape index (κ2) is 7.63. The first kappa shape index (κ1) is 23.5. The molecule has 0 aliphatic heterocycles. The number of pyridine rings is 2. The van der Waals surface area contributed by atoms with E-state index in [9.17, 15) is 27.2 Å². The Balaban J connectivity index is 1.69. The Morgan fingerprint density at radius 3 is 2.43 bits per heavy atom. The highest BCUT2D eigenvalue weighted by atomic mass is 19.3. The van der Waals surface area contributed by atoms with E-state index in [0.29, 0.717) is 28.2 Å². The molecule has 0 atom stereocenters. The highest BCUT2D eigenvalue weighted by Crippen LogP contribution is 2.54. The topological polar surface area (TPSA) is 107 Å². The molecule has 2 aliphatic rings. The number of amides is 1. The van der Waals surface area contributed by atoms with E-state index < -0.39 is 28.6 Å². The molecule has 3 N–H and O–H groups in total. The van der Waals surface area contributed by atoms with Gasteiger partial charge in [0.15, 0.2) is 5.43 Å². The first-order valence-corrected chi connectivity index (χ1v) is 11.5. The summed E-state index contributed by atoms with van der Waals surface area (Å²) in [5, 5.41) is 4.74. The van der Waals surface area contributed by atoms with Crippen molar-refractivity contribution >= 4 is 16.8 Å². The maximum Gasteiger partial charge on any atom is 0.268 e. The number of nitrogens with one attached hydrogen (secondary N) is 1. The van der Waals surface area contributed by atoms with Crippen LogP contribution >= 0.6 is 0 Å². The third-order valence-corrected chi connectivity index (χ3v) is 7.28. The minimum Gasteiger partial charge on any atom is -0.364 e. The van der Waals surface area contributed by atoms with Crippen LogP contribution in [0.2, 0.25) is 0 Å². The number of H-pyrrole nitrogens is 1.